The number of ether oxygens (including phenoxy) is 1. The summed E-state index contributed by atoms with van der Waals surface area (Å²) >= 11 is 6.12. The van der Waals surface area contributed by atoms with E-state index in [4.69, 9.17) is 16.3 Å². The molecule has 1 aliphatic rings. The molecule has 1 amide bonds. The zero-order valence-corrected chi connectivity index (χ0v) is 13.8. The maximum Gasteiger partial charge on any atom is 0.255 e. The summed E-state index contributed by atoms with van der Waals surface area (Å²) in [5.74, 6) is 0.853. The van der Waals surface area contributed by atoms with Gasteiger partial charge in [-0.25, -0.2) is 0 Å². The van der Waals surface area contributed by atoms with E-state index in [1.165, 1.54) is 0 Å². The number of hydrogen-bond donors (Lipinski definition) is 0. The van der Waals surface area contributed by atoms with E-state index in [0.717, 1.165) is 24.5 Å². The van der Waals surface area contributed by atoms with Crippen molar-refractivity contribution < 1.29 is 9.53 Å². The van der Waals surface area contributed by atoms with Crippen LogP contribution < -0.4 is 9.64 Å². The molecule has 3 rings (SSSR count). The predicted molar refractivity (Wildman–Crippen MR) is 92.6 cm³/mol. The first kappa shape index (κ1) is 15.7. The number of hydrogen-bond acceptors (Lipinski definition) is 3. The highest BCUT2D eigenvalue weighted by molar-refractivity contribution is 6.33. The molecule has 0 N–H and O–H groups in total. The van der Waals surface area contributed by atoms with E-state index < -0.39 is 0 Å². The first-order valence-electron chi connectivity index (χ1n) is 7.62. The molecule has 23 heavy (non-hydrogen) atoms. The van der Waals surface area contributed by atoms with Crippen molar-refractivity contribution in [2.75, 3.05) is 38.2 Å². The average molecular weight is 331 g/mol. The Bertz CT molecular complexity index is 680. The van der Waals surface area contributed by atoms with Crippen LogP contribution in [0.5, 0.6) is 5.75 Å². The predicted octanol–water partition coefficient (Wildman–Crippen LogP) is 3.31. The molecule has 1 saturated heterocycles. The summed E-state index contributed by atoms with van der Waals surface area (Å²) in [6.07, 6.45) is 0. The van der Waals surface area contributed by atoms with Crippen molar-refractivity contribution in [1.82, 2.24) is 4.90 Å². The lowest BCUT2D eigenvalue weighted by atomic mass is 10.1. The zero-order valence-electron chi connectivity index (χ0n) is 13.0. The van der Waals surface area contributed by atoms with Crippen LogP contribution in [0.2, 0.25) is 5.02 Å². The van der Waals surface area contributed by atoms with Gasteiger partial charge in [0, 0.05) is 31.9 Å². The topological polar surface area (TPSA) is 32.8 Å². The summed E-state index contributed by atoms with van der Waals surface area (Å²) in [5.41, 5.74) is 1.72. The lowest BCUT2D eigenvalue weighted by Crippen LogP contribution is -2.48. The SMILES string of the molecule is COc1ccc(N2CCN(C(=O)c3ccccc3Cl)CC2)cc1. The van der Waals surface area contributed by atoms with Crippen LogP contribution in [0, 0.1) is 0 Å². The first-order valence-corrected chi connectivity index (χ1v) is 7.99. The number of rotatable bonds is 3. The Morgan fingerprint density at radius 1 is 1.00 bits per heavy atom. The number of amides is 1. The van der Waals surface area contributed by atoms with Crippen molar-refractivity contribution in [2.45, 2.75) is 0 Å². The molecule has 0 bridgehead atoms. The van der Waals surface area contributed by atoms with Crippen LogP contribution in [0.3, 0.4) is 0 Å². The number of benzene rings is 2. The first-order chi connectivity index (χ1) is 11.2. The van der Waals surface area contributed by atoms with Crippen molar-refractivity contribution in [3.05, 3.63) is 59.1 Å². The molecule has 0 saturated carbocycles. The van der Waals surface area contributed by atoms with Gasteiger partial charge < -0.3 is 14.5 Å². The molecule has 0 aromatic heterocycles. The van der Waals surface area contributed by atoms with Gasteiger partial charge in [-0.15, -0.1) is 0 Å². The fourth-order valence-corrected chi connectivity index (χ4v) is 2.98. The Hall–Kier alpha value is -2.20. The number of nitrogens with zero attached hydrogens (tertiary/aromatic N) is 2. The van der Waals surface area contributed by atoms with Gasteiger partial charge in [-0.1, -0.05) is 23.7 Å². The van der Waals surface area contributed by atoms with Crippen molar-refractivity contribution in [2.24, 2.45) is 0 Å². The van der Waals surface area contributed by atoms with Gasteiger partial charge in [-0.05, 0) is 36.4 Å². The Morgan fingerprint density at radius 3 is 2.26 bits per heavy atom. The van der Waals surface area contributed by atoms with Gasteiger partial charge in [0.15, 0.2) is 0 Å². The summed E-state index contributed by atoms with van der Waals surface area (Å²) in [5, 5.41) is 0.509. The minimum Gasteiger partial charge on any atom is -0.497 e. The van der Waals surface area contributed by atoms with E-state index in [0.29, 0.717) is 23.7 Å². The molecule has 0 spiro atoms. The summed E-state index contributed by atoms with van der Waals surface area (Å²) in [6, 6.07) is 15.2. The molecule has 5 heteroatoms. The second-order valence-corrected chi connectivity index (χ2v) is 5.86. The third kappa shape index (κ3) is 3.42. The molecule has 1 heterocycles. The van der Waals surface area contributed by atoms with E-state index in [1.54, 1.807) is 19.2 Å². The van der Waals surface area contributed by atoms with Gasteiger partial charge in [0.05, 0.1) is 17.7 Å². The number of anilines is 1. The molecule has 2 aromatic carbocycles. The molecular weight excluding hydrogens is 312 g/mol. The molecule has 0 aliphatic carbocycles. The highest BCUT2D eigenvalue weighted by Crippen LogP contribution is 2.22. The van der Waals surface area contributed by atoms with E-state index >= 15 is 0 Å². The lowest BCUT2D eigenvalue weighted by Gasteiger charge is -2.36. The van der Waals surface area contributed by atoms with Crippen LogP contribution >= 0.6 is 11.6 Å². The molecule has 1 aliphatic heterocycles. The van der Waals surface area contributed by atoms with Crippen LogP contribution in [-0.2, 0) is 0 Å². The van der Waals surface area contributed by atoms with Crippen molar-refractivity contribution in [1.29, 1.82) is 0 Å². The van der Waals surface area contributed by atoms with Gasteiger partial charge in [-0.3, -0.25) is 4.79 Å². The maximum absolute atomic E-state index is 12.6. The largest absolute Gasteiger partial charge is 0.497 e. The van der Waals surface area contributed by atoms with E-state index in [1.807, 2.05) is 41.3 Å². The minimum atomic E-state index is 0.00461. The highest BCUT2D eigenvalue weighted by atomic mass is 35.5. The van der Waals surface area contributed by atoms with Crippen LogP contribution in [0.1, 0.15) is 10.4 Å². The smallest absolute Gasteiger partial charge is 0.255 e. The van der Waals surface area contributed by atoms with Gasteiger partial charge in [0.25, 0.3) is 5.91 Å². The molecular formula is C18H19ClN2O2. The minimum absolute atomic E-state index is 0.00461. The number of carbonyl (C=O) groups is 1. The van der Waals surface area contributed by atoms with Gasteiger partial charge in [0.1, 0.15) is 5.75 Å². The number of halogens is 1. The molecule has 0 atom stereocenters. The standard InChI is InChI=1S/C18H19ClN2O2/c1-23-15-8-6-14(7-9-15)20-10-12-21(13-11-20)18(22)16-4-2-3-5-17(16)19/h2-9H,10-13H2,1H3. The fourth-order valence-electron chi connectivity index (χ4n) is 2.77. The van der Waals surface area contributed by atoms with Crippen LogP contribution in [0.4, 0.5) is 5.69 Å². The second kappa shape index (κ2) is 6.92. The summed E-state index contributed by atoms with van der Waals surface area (Å²) in [4.78, 5) is 16.7. The third-order valence-corrected chi connectivity index (χ3v) is 4.44. The van der Waals surface area contributed by atoms with Gasteiger partial charge in [0.2, 0.25) is 0 Å². The number of methoxy groups -OCH3 is 1. The molecule has 1 fully saturated rings. The summed E-state index contributed by atoms with van der Waals surface area (Å²) in [6.45, 7) is 3.00. The quantitative estimate of drug-likeness (QED) is 0.865. The normalized spacial score (nSPS) is 14.7. The maximum atomic E-state index is 12.6. The Labute approximate surface area is 141 Å². The van der Waals surface area contributed by atoms with Crippen molar-refractivity contribution in [3.63, 3.8) is 0 Å². The number of piperazine rings is 1. The van der Waals surface area contributed by atoms with E-state index in [-0.39, 0.29) is 5.91 Å². The van der Waals surface area contributed by atoms with Crippen LogP contribution in [-0.4, -0.2) is 44.1 Å². The average Bonchev–Trinajstić information content (AvgIpc) is 2.62. The van der Waals surface area contributed by atoms with E-state index in [9.17, 15) is 4.79 Å². The Kier molecular flexibility index (Phi) is 4.72. The molecule has 0 radical (unpaired) electrons. The fraction of sp³-hybridized carbons (Fsp3) is 0.278. The molecule has 120 valence electrons. The molecule has 4 nitrogen and oxygen atoms in total. The Balaban J connectivity index is 1.64. The zero-order chi connectivity index (χ0) is 16.2. The second-order valence-electron chi connectivity index (χ2n) is 5.46. The van der Waals surface area contributed by atoms with Gasteiger partial charge >= 0.3 is 0 Å². The van der Waals surface area contributed by atoms with E-state index in [2.05, 4.69) is 4.90 Å². The highest BCUT2D eigenvalue weighted by Gasteiger charge is 2.23. The monoisotopic (exact) mass is 330 g/mol. The molecule has 0 unspecified atom stereocenters. The van der Waals surface area contributed by atoms with Gasteiger partial charge in [-0.2, -0.15) is 0 Å². The third-order valence-electron chi connectivity index (χ3n) is 4.11. The lowest BCUT2D eigenvalue weighted by molar-refractivity contribution is 0.0747. The van der Waals surface area contributed by atoms with Crippen molar-refractivity contribution in [3.8, 4) is 5.75 Å². The summed E-state index contributed by atoms with van der Waals surface area (Å²) in [7, 11) is 1.66. The summed E-state index contributed by atoms with van der Waals surface area (Å²) < 4.78 is 5.18. The van der Waals surface area contributed by atoms with Crippen LogP contribution in [0.25, 0.3) is 0 Å². The number of carbonyl (C=O) groups excluding carboxylic acids is 1. The molecule has 2 aromatic rings. The van der Waals surface area contributed by atoms with Crippen LogP contribution in [0.15, 0.2) is 48.5 Å². The Morgan fingerprint density at radius 2 is 1.65 bits per heavy atom. The van der Waals surface area contributed by atoms with Crippen molar-refractivity contribution >= 4 is 23.2 Å².